The van der Waals surface area contributed by atoms with E-state index in [4.69, 9.17) is 11.1 Å². The van der Waals surface area contributed by atoms with Crippen molar-refractivity contribution in [2.75, 3.05) is 4.90 Å². The molecule has 0 saturated heterocycles. The third-order valence-electron chi connectivity index (χ3n) is 3.33. The van der Waals surface area contributed by atoms with Crippen LogP contribution in [0.1, 0.15) is 21.5 Å². The van der Waals surface area contributed by atoms with E-state index in [9.17, 15) is 4.79 Å². The lowest BCUT2D eigenvalue weighted by molar-refractivity contribution is 0.100. The summed E-state index contributed by atoms with van der Waals surface area (Å²) in [5.41, 5.74) is 8.70. The van der Waals surface area contributed by atoms with Crippen molar-refractivity contribution < 1.29 is 4.79 Å². The Balaban J connectivity index is 1.93. The molecule has 1 amide bonds. The van der Waals surface area contributed by atoms with Crippen molar-refractivity contribution in [2.45, 2.75) is 6.54 Å². The third-order valence-corrected chi connectivity index (χ3v) is 3.33. The zero-order valence-electron chi connectivity index (χ0n) is 10.3. The van der Waals surface area contributed by atoms with Gasteiger partial charge < -0.3 is 10.6 Å². The van der Waals surface area contributed by atoms with Crippen LogP contribution in [-0.2, 0) is 6.54 Å². The molecular weight excluding hydrogens is 238 g/mol. The summed E-state index contributed by atoms with van der Waals surface area (Å²) in [7, 11) is 0. The Bertz CT molecular complexity index is 661. The quantitative estimate of drug-likeness (QED) is 0.858. The Kier molecular flexibility index (Phi) is 2.56. The maximum Gasteiger partial charge on any atom is 0.248 e. The molecule has 0 fully saturated rings. The average molecular weight is 251 g/mol. The predicted octanol–water partition coefficient (Wildman–Crippen LogP) is 2.13. The van der Waals surface area contributed by atoms with E-state index in [0.29, 0.717) is 17.9 Å². The zero-order valence-corrected chi connectivity index (χ0v) is 10.3. The number of benzene rings is 2. The van der Waals surface area contributed by atoms with Gasteiger partial charge in [-0.25, -0.2) is 0 Å². The second-order valence-electron chi connectivity index (χ2n) is 4.50. The summed E-state index contributed by atoms with van der Waals surface area (Å²) < 4.78 is 0. The first-order valence-electron chi connectivity index (χ1n) is 6.01. The lowest BCUT2D eigenvalue weighted by Gasteiger charge is -2.18. The van der Waals surface area contributed by atoms with Gasteiger partial charge >= 0.3 is 0 Å². The van der Waals surface area contributed by atoms with Gasteiger partial charge in [-0.15, -0.1) is 0 Å². The molecule has 19 heavy (non-hydrogen) atoms. The van der Waals surface area contributed by atoms with E-state index in [1.807, 2.05) is 41.3 Å². The van der Waals surface area contributed by atoms with Crippen molar-refractivity contribution in [1.29, 1.82) is 5.41 Å². The second-order valence-corrected chi connectivity index (χ2v) is 4.50. The van der Waals surface area contributed by atoms with Crippen molar-refractivity contribution >= 4 is 17.4 Å². The highest BCUT2D eigenvalue weighted by atomic mass is 16.1. The van der Waals surface area contributed by atoms with Crippen LogP contribution in [0.4, 0.5) is 5.69 Å². The maximum absolute atomic E-state index is 11.0. The lowest BCUT2D eigenvalue weighted by Crippen LogP contribution is -2.23. The minimum atomic E-state index is -0.439. The Morgan fingerprint density at radius 3 is 2.42 bits per heavy atom. The number of nitrogens with one attached hydrogen (secondary N) is 1. The van der Waals surface area contributed by atoms with E-state index in [2.05, 4.69) is 0 Å². The van der Waals surface area contributed by atoms with Crippen molar-refractivity contribution in [3.63, 3.8) is 0 Å². The summed E-state index contributed by atoms with van der Waals surface area (Å²) in [5, 5.41) is 8.20. The van der Waals surface area contributed by atoms with Gasteiger partial charge in [0, 0.05) is 16.8 Å². The molecule has 4 nitrogen and oxygen atoms in total. The fourth-order valence-corrected chi connectivity index (χ4v) is 2.31. The molecule has 4 heteroatoms. The number of hydrogen-bond acceptors (Lipinski definition) is 2. The molecule has 94 valence electrons. The normalized spacial score (nSPS) is 13.5. The monoisotopic (exact) mass is 251 g/mol. The van der Waals surface area contributed by atoms with Crippen LogP contribution in [-0.4, -0.2) is 11.7 Å². The van der Waals surface area contributed by atoms with Crippen molar-refractivity contribution in [2.24, 2.45) is 5.73 Å². The van der Waals surface area contributed by atoms with Crippen molar-refractivity contribution in [3.8, 4) is 0 Å². The number of amidine groups is 1. The van der Waals surface area contributed by atoms with Crippen LogP contribution in [0.15, 0.2) is 48.5 Å². The number of amides is 1. The van der Waals surface area contributed by atoms with Crippen LogP contribution in [0.2, 0.25) is 0 Å². The number of carbonyl (C=O) groups excluding carboxylic acids is 1. The zero-order chi connectivity index (χ0) is 13.4. The molecule has 0 spiro atoms. The molecule has 0 atom stereocenters. The van der Waals surface area contributed by atoms with Gasteiger partial charge in [0.15, 0.2) is 0 Å². The molecule has 0 aliphatic carbocycles. The third kappa shape index (κ3) is 1.87. The minimum Gasteiger partial charge on any atom is -0.366 e. The first-order chi connectivity index (χ1) is 9.16. The Morgan fingerprint density at radius 2 is 1.79 bits per heavy atom. The molecule has 1 heterocycles. The molecule has 0 bridgehead atoms. The van der Waals surface area contributed by atoms with Gasteiger partial charge in [0.25, 0.3) is 0 Å². The fraction of sp³-hybridized carbons (Fsp3) is 0.0667. The molecule has 1 aliphatic heterocycles. The number of fused-ring (bicyclic) bond motifs is 1. The largest absolute Gasteiger partial charge is 0.366 e. The van der Waals surface area contributed by atoms with E-state index in [0.717, 1.165) is 16.8 Å². The Labute approximate surface area is 111 Å². The van der Waals surface area contributed by atoms with E-state index in [1.165, 1.54) is 0 Å². The van der Waals surface area contributed by atoms with E-state index >= 15 is 0 Å². The van der Waals surface area contributed by atoms with Gasteiger partial charge in [-0.2, -0.15) is 0 Å². The van der Waals surface area contributed by atoms with Crippen molar-refractivity contribution in [1.82, 2.24) is 0 Å². The topological polar surface area (TPSA) is 70.2 Å². The summed E-state index contributed by atoms with van der Waals surface area (Å²) in [6.07, 6.45) is 0. The van der Waals surface area contributed by atoms with Gasteiger partial charge in [-0.1, -0.05) is 24.3 Å². The number of anilines is 1. The van der Waals surface area contributed by atoms with Crippen LogP contribution in [0.25, 0.3) is 0 Å². The van der Waals surface area contributed by atoms with Crippen molar-refractivity contribution in [3.05, 3.63) is 65.2 Å². The highest BCUT2D eigenvalue weighted by molar-refractivity contribution is 6.11. The van der Waals surface area contributed by atoms with Crippen LogP contribution in [0, 0.1) is 5.41 Å². The summed E-state index contributed by atoms with van der Waals surface area (Å²) in [6.45, 7) is 0.685. The first-order valence-corrected chi connectivity index (χ1v) is 6.01. The highest BCUT2D eigenvalue weighted by Gasteiger charge is 2.24. The number of hydrogen-bond donors (Lipinski definition) is 2. The summed E-state index contributed by atoms with van der Waals surface area (Å²) in [4.78, 5) is 13.0. The molecule has 2 aromatic rings. The molecule has 0 saturated carbocycles. The van der Waals surface area contributed by atoms with E-state index in [1.54, 1.807) is 12.1 Å². The first kappa shape index (κ1) is 11.5. The van der Waals surface area contributed by atoms with Gasteiger partial charge in [-0.3, -0.25) is 10.2 Å². The van der Waals surface area contributed by atoms with Gasteiger partial charge in [0.05, 0.1) is 6.54 Å². The molecule has 3 N–H and O–H groups in total. The van der Waals surface area contributed by atoms with Gasteiger partial charge in [0.2, 0.25) is 5.91 Å². The molecule has 1 aliphatic rings. The van der Waals surface area contributed by atoms with Crippen LogP contribution < -0.4 is 10.6 Å². The number of carbonyl (C=O) groups is 1. The predicted molar refractivity (Wildman–Crippen MR) is 74.4 cm³/mol. The number of primary amides is 1. The smallest absolute Gasteiger partial charge is 0.248 e. The van der Waals surface area contributed by atoms with E-state index in [-0.39, 0.29) is 0 Å². The van der Waals surface area contributed by atoms with E-state index < -0.39 is 5.91 Å². The molecule has 0 aromatic heterocycles. The molecule has 0 radical (unpaired) electrons. The maximum atomic E-state index is 11.0. The molecule has 0 unspecified atom stereocenters. The summed E-state index contributed by atoms with van der Waals surface area (Å²) in [6, 6.07) is 14.9. The van der Waals surface area contributed by atoms with Gasteiger partial charge in [-0.05, 0) is 29.8 Å². The average Bonchev–Trinajstić information content (AvgIpc) is 2.77. The minimum absolute atomic E-state index is 0.439. The number of rotatable bonds is 2. The Morgan fingerprint density at radius 1 is 1.11 bits per heavy atom. The second kappa shape index (κ2) is 4.24. The number of nitrogens with zero attached hydrogens (tertiary/aromatic N) is 1. The SMILES string of the molecule is N=C1c2ccccc2CN1c1ccc(C(N)=O)cc1. The van der Waals surface area contributed by atoms with Gasteiger partial charge in [0.1, 0.15) is 5.84 Å². The van der Waals surface area contributed by atoms with Crippen LogP contribution >= 0.6 is 0 Å². The Hall–Kier alpha value is -2.62. The number of nitrogens with two attached hydrogens (primary N) is 1. The summed E-state index contributed by atoms with van der Waals surface area (Å²) in [5.74, 6) is 0.0498. The van der Waals surface area contributed by atoms with Crippen LogP contribution in [0.5, 0.6) is 0 Å². The summed E-state index contributed by atoms with van der Waals surface area (Å²) >= 11 is 0. The fourth-order valence-electron chi connectivity index (χ4n) is 2.31. The lowest BCUT2D eigenvalue weighted by atomic mass is 10.1. The highest BCUT2D eigenvalue weighted by Crippen LogP contribution is 2.28. The molecular formula is C15H13N3O. The molecule has 2 aromatic carbocycles. The standard InChI is InChI=1S/C15H13N3O/c16-14-13-4-2-1-3-11(13)9-18(14)12-7-5-10(6-8-12)15(17)19/h1-8,16H,9H2,(H2,17,19). The molecule has 3 rings (SSSR count). The van der Waals surface area contributed by atoms with Crippen LogP contribution in [0.3, 0.4) is 0 Å².